The molecule has 0 N–H and O–H groups in total. The highest BCUT2D eigenvalue weighted by Gasteiger charge is 2.21. The average Bonchev–Trinajstić information content (AvgIpc) is 2.25. The van der Waals surface area contributed by atoms with Crippen molar-refractivity contribution in [2.45, 2.75) is 11.8 Å². The van der Waals surface area contributed by atoms with Gasteiger partial charge in [0.15, 0.2) is 0 Å². The summed E-state index contributed by atoms with van der Waals surface area (Å²) in [5.41, 5.74) is 0.928. The van der Waals surface area contributed by atoms with E-state index in [4.69, 9.17) is 4.74 Å². The molecule has 0 amide bonds. The number of hydrogen-bond acceptors (Lipinski definition) is 3. The lowest BCUT2D eigenvalue weighted by atomic mass is 10.2. The maximum Gasteiger partial charge on any atom is 0.251 e. The standard InChI is InChI=1S/C10H14INO3S/c1-9-4-3-5-10(8-9)16(13,14)12(11)6-7-15-2/h3-5,8H,6-7H2,1-2H3. The largest absolute Gasteiger partial charge is 0.383 e. The van der Waals surface area contributed by atoms with E-state index in [0.29, 0.717) is 18.0 Å². The van der Waals surface area contributed by atoms with E-state index in [1.165, 1.54) is 2.52 Å². The first-order valence-corrected chi connectivity index (χ1v) is 7.13. The van der Waals surface area contributed by atoms with E-state index in [2.05, 4.69) is 0 Å². The summed E-state index contributed by atoms with van der Waals surface area (Å²) in [5.74, 6) is 0. The molecule has 16 heavy (non-hydrogen) atoms. The molecule has 1 rings (SSSR count). The van der Waals surface area contributed by atoms with Crippen molar-refractivity contribution in [1.29, 1.82) is 0 Å². The Morgan fingerprint density at radius 2 is 2.12 bits per heavy atom. The van der Waals surface area contributed by atoms with Crippen molar-refractivity contribution >= 4 is 32.9 Å². The van der Waals surface area contributed by atoms with Crippen LogP contribution in [0, 0.1) is 6.92 Å². The summed E-state index contributed by atoms with van der Waals surface area (Å²) in [6.45, 7) is 2.59. The van der Waals surface area contributed by atoms with Gasteiger partial charge in [0.25, 0.3) is 10.0 Å². The molecule has 0 heterocycles. The van der Waals surface area contributed by atoms with E-state index in [1.54, 1.807) is 48.2 Å². The number of nitrogens with zero attached hydrogens (tertiary/aromatic N) is 1. The van der Waals surface area contributed by atoms with Gasteiger partial charge in [-0.3, -0.25) is 0 Å². The Labute approximate surface area is 110 Å². The third-order valence-electron chi connectivity index (χ3n) is 2.02. The zero-order valence-electron chi connectivity index (χ0n) is 9.18. The number of methoxy groups -OCH3 is 1. The first-order chi connectivity index (χ1) is 7.48. The molecule has 90 valence electrons. The van der Waals surface area contributed by atoms with Crippen LogP contribution in [0.25, 0.3) is 0 Å². The minimum Gasteiger partial charge on any atom is -0.383 e. The molecule has 0 saturated carbocycles. The molecule has 0 spiro atoms. The van der Waals surface area contributed by atoms with Gasteiger partial charge < -0.3 is 4.74 Å². The molecular weight excluding hydrogens is 341 g/mol. The second-order valence-electron chi connectivity index (χ2n) is 3.33. The first kappa shape index (κ1) is 13.9. The molecular formula is C10H14INO3S. The Kier molecular flexibility index (Phi) is 5.16. The fourth-order valence-electron chi connectivity index (χ4n) is 1.17. The van der Waals surface area contributed by atoms with Gasteiger partial charge in [0.1, 0.15) is 0 Å². The van der Waals surface area contributed by atoms with Crippen molar-refractivity contribution in [2.75, 3.05) is 20.3 Å². The van der Waals surface area contributed by atoms with Crippen LogP contribution in [0.4, 0.5) is 0 Å². The van der Waals surface area contributed by atoms with Crippen molar-refractivity contribution in [2.24, 2.45) is 0 Å². The van der Waals surface area contributed by atoms with Crippen LogP contribution in [0.3, 0.4) is 0 Å². The van der Waals surface area contributed by atoms with E-state index < -0.39 is 10.0 Å². The number of aryl methyl sites for hydroxylation is 1. The van der Waals surface area contributed by atoms with Crippen LogP contribution in [0.15, 0.2) is 29.2 Å². The molecule has 0 aliphatic heterocycles. The zero-order chi connectivity index (χ0) is 12.2. The Balaban J connectivity index is 2.93. The highest BCUT2D eigenvalue weighted by molar-refractivity contribution is 14.1. The molecule has 0 unspecified atom stereocenters. The molecule has 4 nitrogen and oxygen atoms in total. The van der Waals surface area contributed by atoms with Crippen LogP contribution >= 0.6 is 22.9 Å². The normalized spacial score (nSPS) is 12.0. The summed E-state index contributed by atoms with van der Waals surface area (Å²) < 4.78 is 30.2. The minimum absolute atomic E-state index is 0.318. The molecule has 0 bridgehead atoms. The van der Waals surface area contributed by atoms with Crippen LogP contribution in [-0.2, 0) is 14.8 Å². The Hall–Kier alpha value is -0.180. The van der Waals surface area contributed by atoms with Crippen molar-refractivity contribution in [3.05, 3.63) is 29.8 Å². The second-order valence-corrected chi connectivity index (χ2v) is 7.01. The predicted molar refractivity (Wildman–Crippen MR) is 71.0 cm³/mol. The average molecular weight is 355 g/mol. The zero-order valence-corrected chi connectivity index (χ0v) is 12.2. The number of hydrogen-bond donors (Lipinski definition) is 0. The number of sulfonamides is 1. The van der Waals surface area contributed by atoms with Crippen LogP contribution in [0.2, 0.25) is 0 Å². The van der Waals surface area contributed by atoms with Gasteiger partial charge in [-0.05, 0) is 24.6 Å². The Morgan fingerprint density at radius 1 is 1.44 bits per heavy atom. The number of halogens is 1. The van der Waals surface area contributed by atoms with Crippen LogP contribution in [0.5, 0.6) is 0 Å². The molecule has 0 saturated heterocycles. The predicted octanol–water partition coefficient (Wildman–Crippen LogP) is 1.98. The van der Waals surface area contributed by atoms with Gasteiger partial charge in [0.05, 0.1) is 11.5 Å². The lowest BCUT2D eigenvalue weighted by Crippen LogP contribution is -2.24. The highest BCUT2D eigenvalue weighted by atomic mass is 127. The quantitative estimate of drug-likeness (QED) is 0.600. The van der Waals surface area contributed by atoms with Crippen molar-refractivity contribution < 1.29 is 13.2 Å². The summed E-state index contributed by atoms with van der Waals surface area (Å²) in [5, 5.41) is 0. The first-order valence-electron chi connectivity index (χ1n) is 4.72. The van der Waals surface area contributed by atoms with Gasteiger partial charge in [-0.1, -0.05) is 12.1 Å². The second kappa shape index (κ2) is 5.95. The van der Waals surface area contributed by atoms with E-state index in [-0.39, 0.29) is 0 Å². The van der Waals surface area contributed by atoms with E-state index in [9.17, 15) is 8.42 Å². The maximum atomic E-state index is 12.1. The summed E-state index contributed by atoms with van der Waals surface area (Å²) in [4.78, 5) is 0.318. The van der Waals surface area contributed by atoms with E-state index in [1.807, 2.05) is 13.0 Å². The van der Waals surface area contributed by atoms with Crippen molar-refractivity contribution in [3.8, 4) is 0 Å². The Morgan fingerprint density at radius 3 is 2.69 bits per heavy atom. The Bertz CT molecular complexity index is 447. The van der Waals surface area contributed by atoms with E-state index >= 15 is 0 Å². The molecule has 0 radical (unpaired) electrons. The molecule has 0 fully saturated rings. The monoisotopic (exact) mass is 355 g/mol. The smallest absolute Gasteiger partial charge is 0.251 e. The summed E-state index contributed by atoms with van der Waals surface area (Å²) in [6, 6.07) is 6.86. The lowest BCUT2D eigenvalue weighted by molar-refractivity contribution is 0.197. The van der Waals surface area contributed by atoms with Gasteiger partial charge >= 0.3 is 0 Å². The topological polar surface area (TPSA) is 46.6 Å². The third kappa shape index (κ3) is 3.41. The molecule has 0 aromatic heterocycles. The fraction of sp³-hybridized carbons (Fsp3) is 0.400. The SMILES string of the molecule is COCCN(I)S(=O)(=O)c1cccc(C)c1. The van der Waals surface area contributed by atoms with E-state index in [0.717, 1.165) is 5.56 Å². The van der Waals surface area contributed by atoms with Gasteiger partial charge in [-0.25, -0.2) is 8.42 Å². The van der Waals surface area contributed by atoms with Gasteiger partial charge in [0, 0.05) is 36.5 Å². The van der Waals surface area contributed by atoms with Gasteiger partial charge in [-0.2, -0.15) is 0 Å². The number of ether oxygens (including phenoxy) is 1. The molecule has 6 heteroatoms. The fourth-order valence-corrected chi connectivity index (χ4v) is 3.18. The molecule has 0 atom stereocenters. The van der Waals surface area contributed by atoms with Crippen LogP contribution in [-0.4, -0.2) is 31.2 Å². The van der Waals surface area contributed by atoms with Gasteiger partial charge in [0.2, 0.25) is 0 Å². The summed E-state index contributed by atoms with van der Waals surface area (Å²) >= 11 is 1.79. The van der Waals surface area contributed by atoms with Crippen LogP contribution in [0.1, 0.15) is 5.56 Å². The van der Waals surface area contributed by atoms with Crippen molar-refractivity contribution in [3.63, 3.8) is 0 Å². The summed E-state index contributed by atoms with van der Waals surface area (Å²) in [7, 11) is -1.85. The van der Waals surface area contributed by atoms with Crippen molar-refractivity contribution in [1.82, 2.24) is 2.52 Å². The molecule has 1 aromatic rings. The molecule has 0 aliphatic rings. The third-order valence-corrected chi connectivity index (χ3v) is 5.61. The summed E-state index contributed by atoms with van der Waals surface area (Å²) in [6.07, 6.45) is 0. The number of benzene rings is 1. The molecule has 1 aromatic carbocycles. The minimum atomic E-state index is -3.39. The maximum absolute atomic E-state index is 12.1. The van der Waals surface area contributed by atoms with Gasteiger partial charge in [-0.15, -0.1) is 2.52 Å². The lowest BCUT2D eigenvalue weighted by Gasteiger charge is -2.14. The number of rotatable bonds is 5. The molecule has 0 aliphatic carbocycles. The van der Waals surface area contributed by atoms with Crippen LogP contribution < -0.4 is 0 Å². The highest BCUT2D eigenvalue weighted by Crippen LogP contribution is 2.19.